The molecule has 0 bridgehead atoms. The Hall–Kier alpha value is -0.0800. The van der Waals surface area contributed by atoms with E-state index in [2.05, 4.69) is 12.4 Å². The largest absolute Gasteiger partial charge is 0.299 e. The SMILES string of the molecule is CCCCCCCCCCNOC(C)C. The second kappa shape index (κ2) is 12.0. The summed E-state index contributed by atoms with van der Waals surface area (Å²) in [7, 11) is 0. The summed E-state index contributed by atoms with van der Waals surface area (Å²) in [5, 5.41) is 0. The Labute approximate surface area is 95.7 Å². The Kier molecular flexibility index (Phi) is 11.9. The van der Waals surface area contributed by atoms with Crippen molar-refractivity contribution in [2.45, 2.75) is 78.2 Å². The van der Waals surface area contributed by atoms with Gasteiger partial charge in [-0.05, 0) is 20.3 Å². The number of hydrogen-bond acceptors (Lipinski definition) is 2. The van der Waals surface area contributed by atoms with E-state index in [0.29, 0.717) is 6.10 Å². The topological polar surface area (TPSA) is 21.3 Å². The van der Waals surface area contributed by atoms with Crippen LogP contribution in [-0.4, -0.2) is 12.6 Å². The molecule has 0 fully saturated rings. The second-order valence-electron chi connectivity index (χ2n) is 4.54. The van der Waals surface area contributed by atoms with Crippen molar-refractivity contribution in [3.63, 3.8) is 0 Å². The zero-order valence-corrected chi connectivity index (χ0v) is 10.8. The van der Waals surface area contributed by atoms with Crippen molar-refractivity contribution in [1.82, 2.24) is 5.48 Å². The van der Waals surface area contributed by atoms with Gasteiger partial charge in [-0.3, -0.25) is 4.84 Å². The third-order valence-electron chi connectivity index (χ3n) is 2.45. The van der Waals surface area contributed by atoms with Gasteiger partial charge in [-0.25, -0.2) is 5.48 Å². The van der Waals surface area contributed by atoms with Gasteiger partial charge in [0.25, 0.3) is 0 Å². The van der Waals surface area contributed by atoms with Crippen LogP contribution in [0.2, 0.25) is 0 Å². The number of hydrogen-bond donors (Lipinski definition) is 1. The first-order chi connectivity index (χ1) is 7.27. The molecule has 0 saturated carbocycles. The lowest BCUT2D eigenvalue weighted by atomic mass is 10.1. The van der Waals surface area contributed by atoms with Gasteiger partial charge in [-0.2, -0.15) is 0 Å². The van der Waals surface area contributed by atoms with Crippen molar-refractivity contribution in [2.75, 3.05) is 6.54 Å². The number of unbranched alkanes of at least 4 members (excludes halogenated alkanes) is 7. The third kappa shape index (κ3) is 13.9. The molecule has 0 unspecified atom stereocenters. The van der Waals surface area contributed by atoms with E-state index < -0.39 is 0 Å². The Morgan fingerprint density at radius 1 is 0.867 bits per heavy atom. The molecule has 0 radical (unpaired) electrons. The Bertz CT molecular complexity index is 115. The van der Waals surface area contributed by atoms with Gasteiger partial charge < -0.3 is 0 Å². The molecule has 0 aliphatic rings. The van der Waals surface area contributed by atoms with Crippen LogP contribution < -0.4 is 5.48 Å². The smallest absolute Gasteiger partial charge is 0.0734 e. The Morgan fingerprint density at radius 3 is 1.93 bits per heavy atom. The summed E-state index contributed by atoms with van der Waals surface area (Å²) in [4.78, 5) is 5.25. The predicted molar refractivity (Wildman–Crippen MR) is 66.8 cm³/mol. The maximum absolute atomic E-state index is 5.25. The van der Waals surface area contributed by atoms with E-state index in [9.17, 15) is 0 Å². The van der Waals surface area contributed by atoms with Crippen LogP contribution >= 0.6 is 0 Å². The van der Waals surface area contributed by atoms with Gasteiger partial charge in [0.2, 0.25) is 0 Å². The highest BCUT2D eigenvalue weighted by Crippen LogP contribution is 2.07. The van der Waals surface area contributed by atoms with E-state index >= 15 is 0 Å². The van der Waals surface area contributed by atoms with Gasteiger partial charge in [0.1, 0.15) is 0 Å². The highest BCUT2D eigenvalue weighted by Gasteiger charge is 1.93. The van der Waals surface area contributed by atoms with Crippen LogP contribution in [0.3, 0.4) is 0 Å². The molecule has 0 aromatic heterocycles. The van der Waals surface area contributed by atoms with Crippen LogP contribution in [0, 0.1) is 0 Å². The van der Waals surface area contributed by atoms with Gasteiger partial charge in [-0.1, -0.05) is 51.9 Å². The lowest BCUT2D eigenvalue weighted by Gasteiger charge is -2.08. The summed E-state index contributed by atoms with van der Waals surface area (Å²) >= 11 is 0. The average molecular weight is 215 g/mol. The standard InChI is InChI=1S/C13H29NO/c1-4-5-6-7-8-9-10-11-12-14-15-13(2)3/h13-14H,4-12H2,1-3H3. The molecule has 92 valence electrons. The van der Waals surface area contributed by atoms with Crippen molar-refractivity contribution < 1.29 is 4.84 Å². The molecule has 0 saturated heterocycles. The molecule has 15 heavy (non-hydrogen) atoms. The Morgan fingerprint density at radius 2 is 1.40 bits per heavy atom. The van der Waals surface area contributed by atoms with Gasteiger partial charge in [0.05, 0.1) is 6.10 Å². The average Bonchev–Trinajstić information content (AvgIpc) is 2.20. The maximum atomic E-state index is 5.25. The van der Waals surface area contributed by atoms with Crippen LogP contribution in [0.4, 0.5) is 0 Å². The van der Waals surface area contributed by atoms with E-state index in [0.717, 1.165) is 6.54 Å². The summed E-state index contributed by atoms with van der Waals surface area (Å²) in [6, 6.07) is 0. The van der Waals surface area contributed by atoms with E-state index in [1.54, 1.807) is 0 Å². The quantitative estimate of drug-likeness (QED) is 0.414. The van der Waals surface area contributed by atoms with E-state index in [1.807, 2.05) is 13.8 Å². The molecule has 0 atom stereocenters. The van der Waals surface area contributed by atoms with E-state index in [-0.39, 0.29) is 0 Å². The Balaban J connectivity index is 2.87. The van der Waals surface area contributed by atoms with Gasteiger partial charge in [0.15, 0.2) is 0 Å². The number of rotatable bonds is 11. The highest BCUT2D eigenvalue weighted by atomic mass is 16.7. The third-order valence-corrected chi connectivity index (χ3v) is 2.45. The van der Waals surface area contributed by atoms with Crippen LogP contribution in [0.15, 0.2) is 0 Å². The molecular weight excluding hydrogens is 186 g/mol. The molecule has 0 aromatic carbocycles. The monoisotopic (exact) mass is 215 g/mol. The summed E-state index contributed by atoms with van der Waals surface area (Å²) in [6.07, 6.45) is 11.2. The highest BCUT2D eigenvalue weighted by molar-refractivity contribution is 4.46. The fourth-order valence-corrected chi connectivity index (χ4v) is 1.56. The van der Waals surface area contributed by atoms with Crippen LogP contribution in [-0.2, 0) is 4.84 Å². The number of nitrogens with one attached hydrogen (secondary N) is 1. The lowest BCUT2D eigenvalue weighted by molar-refractivity contribution is -0.00531. The van der Waals surface area contributed by atoms with Crippen molar-refractivity contribution in [3.05, 3.63) is 0 Å². The number of hydroxylamine groups is 1. The first-order valence-corrected chi connectivity index (χ1v) is 6.66. The molecule has 0 spiro atoms. The van der Waals surface area contributed by atoms with E-state index in [1.165, 1.54) is 51.4 Å². The molecule has 0 aliphatic heterocycles. The van der Waals surface area contributed by atoms with Crippen molar-refractivity contribution in [3.8, 4) is 0 Å². The zero-order valence-electron chi connectivity index (χ0n) is 10.8. The molecule has 0 heterocycles. The molecule has 0 amide bonds. The van der Waals surface area contributed by atoms with Crippen molar-refractivity contribution >= 4 is 0 Å². The molecule has 0 aliphatic carbocycles. The van der Waals surface area contributed by atoms with Gasteiger partial charge in [-0.15, -0.1) is 0 Å². The van der Waals surface area contributed by atoms with E-state index in [4.69, 9.17) is 4.84 Å². The first-order valence-electron chi connectivity index (χ1n) is 6.66. The predicted octanol–water partition coefficient (Wildman–Crippen LogP) is 4.06. The van der Waals surface area contributed by atoms with Gasteiger partial charge in [0, 0.05) is 6.54 Å². The minimum atomic E-state index is 0.291. The second-order valence-corrected chi connectivity index (χ2v) is 4.54. The van der Waals surface area contributed by atoms with Crippen LogP contribution in [0.5, 0.6) is 0 Å². The summed E-state index contributed by atoms with van der Waals surface area (Å²) in [5.41, 5.74) is 3.00. The molecule has 2 nitrogen and oxygen atoms in total. The van der Waals surface area contributed by atoms with Crippen LogP contribution in [0.1, 0.15) is 72.1 Å². The molecular formula is C13H29NO. The minimum absolute atomic E-state index is 0.291. The van der Waals surface area contributed by atoms with Crippen molar-refractivity contribution in [1.29, 1.82) is 0 Å². The van der Waals surface area contributed by atoms with Gasteiger partial charge >= 0.3 is 0 Å². The summed E-state index contributed by atoms with van der Waals surface area (Å²) in [6.45, 7) is 7.34. The minimum Gasteiger partial charge on any atom is -0.299 e. The first kappa shape index (κ1) is 14.9. The fraction of sp³-hybridized carbons (Fsp3) is 1.00. The lowest BCUT2D eigenvalue weighted by Crippen LogP contribution is -2.20. The maximum Gasteiger partial charge on any atom is 0.0734 e. The van der Waals surface area contributed by atoms with Crippen molar-refractivity contribution in [2.24, 2.45) is 0 Å². The zero-order chi connectivity index (χ0) is 11.4. The summed E-state index contributed by atoms with van der Waals surface area (Å²) < 4.78 is 0. The molecule has 0 rings (SSSR count). The molecule has 2 heteroatoms. The van der Waals surface area contributed by atoms with Crippen LogP contribution in [0.25, 0.3) is 0 Å². The molecule has 0 aromatic rings. The summed E-state index contributed by atoms with van der Waals surface area (Å²) in [5.74, 6) is 0. The normalized spacial score (nSPS) is 11.2. The molecule has 1 N–H and O–H groups in total. The fourth-order valence-electron chi connectivity index (χ4n) is 1.56.